The number of methoxy groups -OCH3 is 2. The Morgan fingerprint density at radius 1 is 0.642 bits per heavy atom. The zero-order valence-electron chi connectivity index (χ0n) is 39.0. The Kier molecular flexibility index (Phi) is 16.0. The summed E-state index contributed by atoms with van der Waals surface area (Å²) in [5, 5.41) is 23.6. The van der Waals surface area contributed by atoms with Gasteiger partial charge in [-0.2, -0.15) is 13.2 Å². The van der Waals surface area contributed by atoms with Crippen molar-refractivity contribution in [1.82, 2.24) is 14.0 Å². The molecule has 2 aromatic heterocycles. The van der Waals surface area contributed by atoms with Gasteiger partial charge < -0.3 is 30.3 Å². The fraction of sp³-hybridized carbons (Fsp3) is 0.320. The number of primary amides is 1. The van der Waals surface area contributed by atoms with Crippen LogP contribution >= 0.6 is 0 Å². The highest BCUT2D eigenvalue weighted by Gasteiger charge is 2.32. The van der Waals surface area contributed by atoms with Crippen molar-refractivity contribution in [2.75, 3.05) is 41.4 Å². The molecule has 0 saturated heterocycles. The summed E-state index contributed by atoms with van der Waals surface area (Å²) in [6, 6.07) is 19.9. The number of hydrogen-bond donors (Lipinski definition) is 3. The van der Waals surface area contributed by atoms with Gasteiger partial charge in [0.15, 0.2) is 11.6 Å². The predicted molar refractivity (Wildman–Crippen MR) is 253 cm³/mol. The molecule has 0 unspecified atom stereocenters. The third-order valence-electron chi connectivity index (χ3n) is 10.9. The standard InChI is InChI=1S/C26H31N3O3.C24H24F3N3O5/c1-16-7-9-22-23(14-16)29(20-12-17(2)11-18(3)13-20)26(32)25(22)19(4)27-15-21(30)8-10-24(31)28(5)6;1-13(29-12-16(31)5-7-21(28)32)22-19-6-4-14(24(25,26)27)8-20(19)30(23(22)33)15-9-17(34-2)11-18(10-15)35-3/h7,9,11-14,32H,8,10,15H2,1-6H3;4,6,8-11,33H,5,7,12H2,1-3H3,(H2,28,32). The Hall–Kier alpha value is -7.43. The maximum atomic E-state index is 13.5. The lowest BCUT2D eigenvalue weighted by Gasteiger charge is -2.13. The number of nitrogens with zero attached hydrogens (tertiary/aromatic N) is 5. The first-order valence-corrected chi connectivity index (χ1v) is 21.2. The first kappa shape index (κ1) is 50.6. The second kappa shape index (κ2) is 21.3. The van der Waals surface area contributed by atoms with Crippen molar-refractivity contribution >= 4 is 56.6 Å². The van der Waals surface area contributed by atoms with Crippen molar-refractivity contribution in [2.45, 2.75) is 66.5 Å². The molecule has 2 heterocycles. The fourth-order valence-electron chi connectivity index (χ4n) is 7.53. The molecule has 4 aromatic carbocycles. The number of benzene rings is 4. The minimum atomic E-state index is -4.61. The molecule has 0 aliphatic heterocycles. The number of amides is 2. The van der Waals surface area contributed by atoms with Crippen LogP contribution in [0.3, 0.4) is 0 Å². The average molecular weight is 925 g/mol. The molecule has 6 aromatic rings. The van der Waals surface area contributed by atoms with E-state index in [-0.39, 0.29) is 84.8 Å². The first-order chi connectivity index (χ1) is 31.5. The van der Waals surface area contributed by atoms with E-state index in [0.29, 0.717) is 33.8 Å². The first-order valence-electron chi connectivity index (χ1n) is 21.2. The normalized spacial score (nSPS) is 11.9. The molecule has 0 radical (unpaired) electrons. The van der Waals surface area contributed by atoms with Crippen LogP contribution in [0.4, 0.5) is 13.2 Å². The van der Waals surface area contributed by atoms with Crippen LogP contribution in [0.25, 0.3) is 33.2 Å². The average Bonchev–Trinajstić information content (AvgIpc) is 3.73. The molecule has 354 valence electrons. The number of aromatic nitrogens is 2. The lowest BCUT2D eigenvalue weighted by Crippen LogP contribution is -2.22. The highest BCUT2D eigenvalue weighted by Crippen LogP contribution is 2.41. The van der Waals surface area contributed by atoms with Crippen molar-refractivity contribution in [3.63, 3.8) is 0 Å². The summed E-state index contributed by atoms with van der Waals surface area (Å²) in [6.07, 6.45) is -4.48. The van der Waals surface area contributed by atoms with E-state index in [1.54, 1.807) is 27.1 Å². The number of carbonyl (C=O) groups is 4. The molecule has 0 aliphatic rings. The lowest BCUT2D eigenvalue weighted by atomic mass is 10.1. The molecule has 17 heteroatoms. The van der Waals surface area contributed by atoms with Crippen LogP contribution in [0.5, 0.6) is 23.3 Å². The Bertz CT molecular complexity index is 2880. The molecule has 6 rings (SSSR count). The van der Waals surface area contributed by atoms with E-state index in [1.807, 2.05) is 55.7 Å². The smallest absolute Gasteiger partial charge is 0.416 e. The highest BCUT2D eigenvalue weighted by molar-refractivity contribution is 6.14. The van der Waals surface area contributed by atoms with Crippen LogP contribution in [0.1, 0.15) is 72.9 Å². The van der Waals surface area contributed by atoms with Gasteiger partial charge in [-0.25, -0.2) is 0 Å². The Balaban J connectivity index is 0.000000252. The summed E-state index contributed by atoms with van der Waals surface area (Å²) < 4.78 is 54.1. The number of halogens is 3. The number of aryl methyl sites for hydroxylation is 3. The van der Waals surface area contributed by atoms with Gasteiger partial charge in [-0.1, -0.05) is 24.3 Å². The molecule has 0 bridgehead atoms. The van der Waals surface area contributed by atoms with Gasteiger partial charge in [0.2, 0.25) is 23.6 Å². The number of alkyl halides is 3. The number of fused-ring (bicyclic) bond motifs is 2. The van der Waals surface area contributed by atoms with Gasteiger partial charge >= 0.3 is 6.18 Å². The zero-order valence-corrected chi connectivity index (χ0v) is 39.0. The molecular formula is C50H55F3N6O8. The van der Waals surface area contributed by atoms with Gasteiger partial charge in [0.1, 0.15) is 11.5 Å². The maximum absolute atomic E-state index is 13.5. The third-order valence-corrected chi connectivity index (χ3v) is 10.9. The molecule has 2 amide bonds. The summed E-state index contributed by atoms with van der Waals surface area (Å²) in [6.45, 7) is 9.12. The van der Waals surface area contributed by atoms with Gasteiger partial charge in [-0.15, -0.1) is 0 Å². The summed E-state index contributed by atoms with van der Waals surface area (Å²) in [7, 11) is 6.19. The van der Waals surface area contributed by atoms with Gasteiger partial charge in [0.05, 0.1) is 60.7 Å². The Morgan fingerprint density at radius 2 is 1.10 bits per heavy atom. The van der Waals surface area contributed by atoms with E-state index in [0.717, 1.165) is 45.4 Å². The summed E-state index contributed by atoms with van der Waals surface area (Å²) in [5.41, 5.74) is 11.2. The van der Waals surface area contributed by atoms with E-state index in [2.05, 4.69) is 16.1 Å². The Labute approximate surface area is 386 Å². The van der Waals surface area contributed by atoms with Crippen molar-refractivity contribution in [1.29, 1.82) is 0 Å². The SMILES string of the molecule is CC(=NCC(=O)CCC(=O)N(C)C)c1c(O)n(-c2cc(C)cc(C)c2)c2cc(C)ccc12.COc1cc(OC)cc(-n2c(O)c(C(C)=NCC(=O)CCC(N)=O)c3ccc(C(F)(F)F)cc32)c1. The van der Waals surface area contributed by atoms with Crippen LogP contribution in [-0.4, -0.2) is 100 Å². The zero-order chi connectivity index (χ0) is 49.5. The van der Waals surface area contributed by atoms with Crippen LogP contribution in [-0.2, 0) is 25.4 Å². The number of carbonyl (C=O) groups excluding carboxylic acids is 4. The largest absolute Gasteiger partial charge is 0.497 e. The highest BCUT2D eigenvalue weighted by atomic mass is 19.4. The van der Waals surface area contributed by atoms with E-state index in [4.69, 9.17) is 15.2 Å². The summed E-state index contributed by atoms with van der Waals surface area (Å²) in [5.74, 6) is -0.694. The summed E-state index contributed by atoms with van der Waals surface area (Å²) in [4.78, 5) is 57.0. The van der Waals surface area contributed by atoms with Crippen LogP contribution < -0.4 is 15.2 Å². The van der Waals surface area contributed by atoms with Gasteiger partial charge in [-0.05, 0) is 81.6 Å². The van der Waals surface area contributed by atoms with Crippen molar-refractivity contribution in [3.05, 3.63) is 106 Å². The minimum Gasteiger partial charge on any atom is -0.497 e. The number of aromatic hydroxyl groups is 2. The van der Waals surface area contributed by atoms with Crippen LogP contribution in [0.15, 0.2) is 82.8 Å². The van der Waals surface area contributed by atoms with E-state index in [9.17, 15) is 42.6 Å². The monoisotopic (exact) mass is 924 g/mol. The number of nitrogens with two attached hydrogens (primary N) is 1. The van der Waals surface area contributed by atoms with Crippen LogP contribution in [0, 0.1) is 20.8 Å². The van der Waals surface area contributed by atoms with Crippen LogP contribution in [0.2, 0.25) is 0 Å². The number of aliphatic imine (C=N–C) groups is 2. The van der Waals surface area contributed by atoms with E-state index >= 15 is 0 Å². The van der Waals surface area contributed by atoms with E-state index in [1.165, 1.54) is 48.8 Å². The molecule has 0 fully saturated rings. The molecule has 0 spiro atoms. The van der Waals surface area contributed by atoms with Gasteiger partial charge in [0, 0.05) is 85.9 Å². The fourth-order valence-corrected chi connectivity index (χ4v) is 7.53. The number of Topliss-reactive ketones (excluding diaryl/α,β-unsaturated/α-hetero) is 2. The Morgan fingerprint density at radius 3 is 1.57 bits per heavy atom. The molecule has 0 atom stereocenters. The number of ether oxygens (including phenoxy) is 2. The van der Waals surface area contributed by atoms with Crippen molar-refractivity contribution in [2.24, 2.45) is 15.7 Å². The summed E-state index contributed by atoms with van der Waals surface area (Å²) >= 11 is 0. The molecule has 0 saturated carbocycles. The quantitative estimate of drug-likeness (QED) is 0.0805. The topological polar surface area (TPSA) is 191 Å². The number of rotatable bonds is 16. The second-order valence-corrected chi connectivity index (χ2v) is 16.4. The second-order valence-electron chi connectivity index (χ2n) is 16.4. The third kappa shape index (κ3) is 12.1. The van der Waals surface area contributed by atoms with Crippen molar-refractivity contribution < 1.29 is 52.0 Å². The lowest BCUT2D eigenvalue weighted by molar-refractivity contribution is -0.137. The van der Waals surface area contributed by atoms with Gasteiger partial charge in [0.25, 0.3) is 0 Å². The maximum Gasteiger partial charge on any atom is 0.416 e. The predicted octanol–water partition coefficient (Wildman–Crippen LogP) is 8.52. The molecular weight excluding hydrogens is 870 g/mol. The van der Waals surface area contributed by atoms with E-state index < -0.39 is 17.6 Å². The molecule has 0 aliphatic carbocycles. The molecule has 67 heavy (non-hydrogen) atoms. The number of ketones is 2. The van der Waals surface area contributed by atoms with Gasteiger partial charge in [-0.3, -0.25) is 38.3 Å². The minimum absolute atomic E-state index is 0.0198. The van der Waals surface area contributed by atoms with Crippen molar-refractivity contribution in [3.8, 4) is 34.6 Å². The number of hydrogen-bond acceptors (Lipinski definition) is 10. The molecule has 4 N–H and O–H groups in total. The molecule has 14 nitrogen and oxygen atoms in total.